The molecule has 2 N–H and O–H groups in total. The van der Waals surface area contributed by atoms with Crippen molar-refractivity contribution in [1.29, 1.82) is 0 Å². The average Bonchev–Trinajstić information content (AvgIpc) is 2.73. The van der Waals surface area contributed by atoms with Gasteiger partial charge in [-0.05, 0) is 24.3 Å². The first-order valence-electron chi connectivity index (χ1n) is 5.12. The largest absolute Gasteiger partial charge is 0.480 e. The molecule has 5 heteroatoms. The molecule has 0 aliphatic carbocycles. The summed E-state index contributed by atoms with van der Waals surface area (Å²) in [5, 5.41) is 9.55. The molecule has 1 heterocycles. The number of amides is 1. The van der Waals surface area contributed by atoms with E-state index >= 15 is 0 Å². The lowest BCUT2D eigenvalue weighted by atomic mass is 10.1. The predicted octanol–water partition coefficient (Wildman–Crippen LogP) is 1.32. The number of carbonyl (C=O) groups is 2. The van der Waals surface area contributed by atoms with Crippen LogP contribution in [-0.4, -0.2) is 40.5 Å². The molecule has 1 aromatic carbocycles. The van der Waals surface area contributed by atoms with Crippen LogP contribution in [0.1, 0.15) is 10.4 Å². The van der Waals surface area contributed by atoms with Crippen LogP contribution < -0.4 is 0 Å². The van der Waals surface area contributed by atoms with E-state index in [9.17, 15) is 9.59 Å². The van der Waals surface area contributed by atoms with E-state index in [0.717, 1.165) is 10.9 Å². The van der Waals surface area contributed by atoms with Crippen molar-refractivity contribution >= 4 is 22.8 Å². The van der Waals surface area contributed by atoms with Crippen LogP contribution in [0.2, 0.25) is 0 Å². The third-order valence-electron chi connectivity index (χ3n) is 2.52. The Hall–Kier alpha value is -2.30. The van der Waals surface area contributed by atoms with Gasteiger partial charge in [-0.15, -0.1) is 0 Å². The maximum absolute atomic E-state index is 11.9. The van der Waals surface area contributed by atoms with Crippen molar-refractivity contribution in [3.05, 3.63) is 36.0 Å². The SMILES string of the molecule is CN(CC(=O)O)C(=O)c1ccc2[nH]ccc2c1. The summed E-state index contributed by atoms with van der Waals surface area (Å²) in [6.07, 6.45) is 1.79. The van der Waals surface area contributed by atoms with Crippen molar-refractivity contribution in [2.75, 3.05) is 13.6 Å². The fourth-order valence-corrected chi connectivity index (χ4v) is 1.68. The molecule has 0 saturated heterocycles. The zero-order valence-corrected chi connectivity index (χ0v) is 9.30. The van der Waals surface area contributed by atoms with Crippen molar-refractivity contribution in [2.24, 2.45) is 0 Å². The summed E-state index contributed by atoms with van der Waals surface area (Å²) < 4.78 is 0. The predicted molar refractivity (Wildman–Crippen MR) is 62.9 cm³/mol. The van der Waals surface area contributed by atoms with Crippen LogP contribution in [0.15, 0.2) is 30.5 Å². The van der Waals surface area contributed by atoms with Gasteiger partial charge in [-0.1, -0.05) is 0 Å². The molecule has 0 unspecified atom stereocenters. The van der Waals surface area contributed by atoms with E-state index in [0.29, 0.717) is 5.56 Å². The summed E-state index contributed by atoms with van der Waals surface area (Å²) in [7, 11) is 1.47. The van der Waals surface area contributed by atoms with Crippen LogP contribution in [0.5, 0.6) is 0 Å². The van der Waals surface area contributed by atoms with Crippen LogP contribution in [0.4, 0.5) is 0 Å². The van der Waals surface area contributed by atoms with Crippen molar-refractivity contribution in [3.63, 3.8) is 0 Å². The number of carboxylic acids is 1. The number of benzene rings is 1. The van der Waals surface area contributed by atoms with Gasteiger partial charge in [-0.2, -0.15) is 0 Å². The highest BCUT2D eigenvalue weighted by atomic mass is 16.4. The number of rotatable bonds is 3. The minimum atomic E-state index is -1.02. The molecule has 1 amide bonds. The Morgan fingerprint density at radius 3 is 2.82 bits per heavy atom. The third-order valence-corrected chi connectivity index (χ3v) is 2.52. The van der Waals surface area contributed by atoms with Crippen LogP contribution in [0.3, 0.4) is 0 Å². The van der Waals surface area contributed by atoms with Gasteiger partial charge in [-0.25, -0.2) is 0 Å². The van der Waals surface area contributed by atoms with Crippen molar-refractivity contribution in [1.82, 2.24) is 9.88 Å². The first-order valence-corrected chi connectivity index (χ1v) is 5.12. The highest BCUT2D eigenvalue weighted by molar-refractivity contribution is 5.99. The zero-order chi connectivity index (χ0) is 12.4. The number of nitrogens with zero attached hydrogens (tertiary/aromatic N) is 1. The van der Waals surface area contributed by atoms with Gasteiger partial charge in [0.05, 0.1) is 0 Å². The lowest BCUT2D eigenvalue weighted by Gasteiger charge is -2.14. The van der Waals surface area contributed by atoms with E-state index in [1.165, 1.54) is 11.9 Å². The Balaban J connectivity index is 2.26. The standard InChI is InChI=1S/C12H12N2O3/c1-14(7-11(15)16)12(17)9-2-3-10-8(6-9)4-5-13-10/h2-6,13H,7H2,1H3,(H,15,16). The van der Waals surface area contributed by atoms with Crippen molar-refractivity contribution in [2.45, 2.75) is 0 Å². The fraction of sp³-hybridized carbons (Fsp3) is 0.167. The number of likely N-dealkylation sites (N-methyl/N-ethyl adjacent to an activating group) is 1. The average molecular weight is 232 g/mol. The maximum atomic E-state index is 11.9. The Bertz CT molecular complexity index is 574. The van der Waals surface area contributed by atoms with E-state index in [2.05, 4.69) is 4.98 Å². The van der Waals surface area contributed by atoms with E-state index in [4.69, 9.17) is 5.11 Å². The van der Waals surface area contributed by atoms with Crippen molar-refractivity contribution < 1.29 is 14.7 Å². The topological polar surface area (TPSA) is 73.4 Å². The Labute approximate surface area is 97.7 Å². The van der Waals surface area contributed by atoms with Gasteiger partial charge in [0.2, 0.25) is 0 Å². The lowest BCUT2D eigenvalue weighted by Crippen LogP contribution is -2.31. The molecule has 0 aliphatic heterocycles. The number of H-pyrrole nitrogens is 1. The summed E-state index contributed by atoms with van der Waals surface area (Å²) >= 11 is 0. The molecular weight excluding hydrogens is 220 g/mol. The summed E-state index contributed by atoms with van der Waals surface area (Å²) in [5.74, 6) is -1.32. The molecule has 0 spiro atoms. The molecule has 88 valence electrons. The van der Waals surface area contributed by atoms with E-state index in [-0.39, 0.29) is 12.5 Å². The second kappa shape index (κ2) is 4.29. The van der Waals surface area contributed by atoms with Gasteiger partial charge in [0, 0.05) is 29.7 Å². The van der Waals surface area contributed by atoms with Gasteiger partial charge in [-0.3, -0.25) is 9.59 Å². The maximum Gasteiger partial charge on any atom is 0.323 e. The second-order valence-electron chi connectivity index (χ2n) is 3.83. The Morgan fingerprint density at radius 2 is 2.12 bits per heavy atom. The van der Waals surface area contributed by atoms with E-state index in [1.54, 1.807) is 24.4 Å². The van der Waals surface area contributed by atoms with E-state index in [1.807, 2.05) is 6.07 Å². The van der Waals surface area contributed by atoms with Gasteiger partial charge in [0.1, 0.15) is 6.54 Å². The molecular formula is C12H12N2O3. The number of carboxylic acid groups (broad SMARTS) is 1. The molecule has 5 nitrogen and oxygen atoms in total. The fourth-order valence-electron chi connectivity index (χ4n) is 1.68. The first kappa shape index (κ1) is 11.2. The molecule has 0 radical (unpaired) electrons. The second-order valence-corrected chi connectivity index (χ2v) is 3.83. The normalized spacial score (nSPS) is 10.4. The highest BCUT2D eigenvalue weighted by Crippen LogP contribution is 2.15. The van der Waals surface area contributed by atoms with Crippen LogP contribution >= 0.6 is 0 Å². The number of hydrogen-bond acceptors (Lipinski definition) is 2. The number of aromatic nitrogens is 1. The molecule has 0 fully saturated rings. The molecule has 0 aliphatic rings. The number of aliphatic carboxylic acids is 1. The quantitative estimate of drug-likeness (QED) is 0.838. The smallest absolute Gasteiger partial charge is 0.323 e. The molecule has 2 aromatic rings. The number of hydrogen-bond donors (Lipinski definition) is 2. The van der Waals surface area contributed by atoms with E-state index < -0.39 is 5.97 Å². The summed E-state index contributed by atoms with van der Waals surface area (Å²) in [4.78, 5) is 26.6. The van der Waals surface area contributed by atoms with Crippen LogP contribution in [-0.2, 0) is 4.79 Å². The van der Waals surface area contributed by atoms with Gasteiger partial charge in [0.25, 0.3) is 5.91 Å². The molecule has 2 rings (SSSR count). The Morgan fingerprint density at radius 1 is 1.35 bits per heavy atom. The number of fused-ring (bicyclic) bond motifs is 1. The molecule has 17 heavy (non-hydrogen) atoms. The number of nitrogens with one attached hydrogen (secondary N) is 1. The lowest BCUT2D eigenvalue weighted by molar-refractivity contribution is -0.137. The summed E-state index contributed by atoms with van der Waals surface area (Å²) in [5.41, 5.74) is 1.43. The third kappa shape index (κ3) is 2.28. The molecule has 1 aromatic heterocycles. The molecule has 0 bridgehead atoms. The summed E-state index contributed by atoms with van der Waals surface area (Å²) in [6.45, 7) is -0.302. The zero-order valence-electron chi connectivity index (χ0n) is 9.30. The molecule has 0 saturated carbocycles. The minimum absolute atomic E-state index is 0.296. The summed E-state index contributed by atoms with van der Waals surface area (Å²) in [6, 6.07) is 7.09. The van der Waals surface area contributed by atoms with Crippen molar-refractivity contribution in [3.8, 4) is 0 Å². The van der Waals surface area contributed by atoms with Gasteiger partial charge >= 0.3 is 5.97 Å². The van der Waals surface area contributed by atoms with Crippen LogP contribution in [0.25, 0.3) is 10.9 Å². The van der Waals surface area contributed by atoms with Crippen LogP contribution in [0, 0.1) is 0 Å². The first-order chi connectivity index (χ1) is 8.08. The monoisotopic (exact) mass is 232 g/mol. The van der Waals surface area contributed by atoms with Gasteiger partial charge in [0.15, 0.2) is 0 Å². The minimum Gasteiger partial charge on any atom is -0.480 e. The number of aromatic amines is 1. The Kier molecular flexibility index (Phi) is 2.82. The number of carbonyl (C=O) groups excluding carboxylic acids is 1. The molecule has 0 atom stereocenters. The highest BCUT2D eigenvalue weighted by Gasteiger charge is 2.14. The van der Waals surface area contributed by atoms with Gasteiger partial charge < -0.3 is 15.0 Å².